The molecule has 1 rings (SSSR count). The van der Waals surface area contributed by atoms with Crippen molar-refractivity contribution in [2.45, 2.75) is 45.1 Å². The van der Waals surface area contributed by atoms with Gasteiger partial charge in [0.05, 0.1) is 5.92 Å². The number of urea groups is 1. The van der Waals surface area contributed by atoms with Gasteiger partial charge in [-0.15, -0.1) is 0 Å². The molecule has 0 aromatic rings. The third-order valence-electron chi connectivity index (χ3n) is 4.44. The van der Waals surface area contributed by atoms with E-state index >= 15 is 0 Å². The highest BCUT2D eigenvalue weighted by Crippen LogP contribution is 2.28. The lowest BCUT2D eigenvalue weighted by molar-refractivity contribution is -0.143. The summed E-state index contributed by atoms with van der Waals surface area (Å²) < 4.78 is 0. The Labute approximate surface area is 131 Å². The molecule has 0 radical (unpaired) electrons. The van der Waals surface area contributed by atoms with Crippen molar-refractivity contribution in [1.29, 1.82) is 0 Å². The van der Waals surface area contributed by atoms with Gasteiger partial charge in [0.1, 0.15) is 0 Å². The zero-order valence-corrected chi connectivity index (χ0v) is 14.1. The Balaban J connectivity index is 2.31. The minimum Gasteiger partial charge on any atom is -0.481 e. The zero-order valence-electron chi connectivity index (χ0n) is 13.3. The predicted octanol–water partition coefficient (Wildman–Crippen LogP) is 2.66. The Kier molecular flexibility index (Phi) is 7.93. The first kappa shape index (κ1) is 18.1. The quantitative estimate of drug-likeness (QED) is 0.757. The summed E-state index contributed by atoms with van der Waals surface area (Å²) >= 11 is 1.75. The van der Waals surface area contributed by atoms with Gasteiger partial charge in [-0.05, 0) is 44.3 Å². The highest BCUT2D eigenvalue weighted by molar-refractivity contribution is 7.98. The van der Waals surface area contributed by atoms with Crippen molar-refractivity contribution >= 4 is 23.8 Å². The van der Waals surface area contributed by atoms with E-state index in [9.17, 15) is 9.59 Å². The lowest BCUT2D eigenvalue weighted by atomic mass is 9.82. The Hall–Kier alpha value is -0.910. The first-order valence-electron chi connectivity index (χ1n) is 7.71. The van der Waals surface area contributed by atoms with Gasteiger partial charge in [-0.2, -0.15) is 11.8 Å². The molecule has 1 saturated carbocycles. The fourth-order valence-corrected chi connectivity index (χ4v) is 3.68. The number of hydrogen-bond acceptors (Lipinski definition) is 3. The monoisotopic (exact) mass is 316 g/mol. The summed E-state index contributed by atoms with van der Waals surface area (Å²) in [5.74, 6) is 0.494. The molecule has 0 heterocycles. The van der Waals surface area contributed by atoms with Crippen LogP contribution in [0.15, 0.2) is 0 Å². The maximum Gasteiger partial charge on any atom is 0.317 e. The molecular formula is C15H28N2O3S. The largest absolute Gasteiger partial charge is 0.481 e. The smallest absolute Gasteiger partial charge is 0.317 e. The highest BCUT2D eigenvalue weighted by atomic mass is 32.2. The van der Waals surface area contributed by atoms with E-state index in [-0.39, 0.29) is 18.0 Å². The van der Waals surface area contributed by atoms with Crippen molar-refractivity contribution in [3.8, 4) is 0 Å². The fourth-order valence-electron chi connectivity index (χ4n) is 2.83. The second kappa shape index (κ2) is 9.18. The lowest BCUT2D eigenvalue weighted by Gasteiger charge is -2.29. The molecule has 1 aliphatic carbocycles. The molecule has 0 spiro atoms. The zero-order chi connectivity index (χ0) is 15.8. The van der Waals surface area contributed by atoms with E-state index in [1.54, 1.807) is 16.7 Å². The van der Waals surface area contributed by atoms with E-state index < -0.39 is 5.97 Å². The normalized spacial score (nSPS) is 23.4. The predicted molar refractivity (Wildman–Crippen MR) is 86.7 cm³/mol. The Morgan fingerprint density at radius 3 is 2.43 bits per heavy atom. The standard InChI is InChI=1S/C15H28N2O3S/c1-4-13(10-21-3)17(2)15(20)16-9-11-5-7-12(8-6-11)14(18)19/h11-13H,4-10H2,1-3H3,(H,16,20)(H,18,19). The second-order valence-corrected chi connectivity index (χ2v) is 6.78. The van der Waals surface area contributed by atoms with Crippen LogP contribution in [0.1, 0.15) is 39.0 Å². The number of rotatable bonds is 7. The first-order chi connectivity index (χ1) is 9.99. The minimum absolute atomic E-state index is 0.0174. The van der Waals surface area contributed by atoms with E-state index in [2.05, 4.69) is 18.5 Å². The molecule has 6 heteroatoms. The highest BCUT2D eigenvalue weighted by Gasteiger charge is 2.26. The molecule has 1 unspecified atom stereocenters. The van der Waals surface area contributed by atoms with Crippen molar-refractivity contribution in [3.63, 3.8) is 0 Å². The van der Waals surface area contributed by atoms with Gasteiger partial charge in [-0.3, -0.25) is 4.79 Å². The summed E-state index contributed by atoms with van der Waals surface area (Å²) in [6.45, 7) is 2.75. The molecule has 2 amide bonds. The SMILES string of the molecule is CCC(CSC)N(C)C(=O)NCC1CCC(C(=O)O)CC1. The number of carbonyl (C=O) groups excluding carboxylic acids is 1. The van der Waals surface area contributed by atoms with Crippen LogP contribution < -0.4 is 5.32 Å². The number of carbonyl (C=O) groups is 2. The van der Waals surface area contributed by atoms with Gasteiger partial charge >= 0.3 is 12.0 Å². The van der Waals surface area contributed by atoms with Crippen molar-refractivity contribution in [3.05, 3.63) is 0 Å². The molecular weight excluding hydrogens is 288 g/mol. The topological polar surface area (TPSA) is 69.6 Å². The average molecular weight is 316 g/mol. The third kappa shape index (κ3) is 5.77. The molecule has 0 saturated heterocycles. The van der Waals surface area contributed by atoms with Crippen molar-refractivity contribution < 1.29 is 14.7 Å². The van der Waals surface area contributed by atoms with Gasteiger partial charge in [0.2, 0.25) is 0 Å². The van der Waals surface area contributed by atoms with E-state index in [1.165, 1.54) is 0 Å². The summed E-state index contributed by atoms with van der Waals surface area (Å²) in [7, 11) is 1.85. The number of nitrogens with zero attached hydrogens (tertiary/aromatic N) is 1. The molecule has 0 bridgehead atoms. The van der Waals surface area contributed by atoms with E-state index in [0.29, 0.717) is 12.5 Å². The Morgan fingerprint density at radius 1 is 1.33 bits per heavy atom. The number of carboxylic acid groups (broad SMARTS) is 1. The molecule has 5 nitrogen and oxygen atoms in total. The average Bonchev–Trinajstić information content (AvgIpc) is 2.49. The van der Waals surface area contributed by atoms with Gasteiger partial charge < -0.3 is 15.3 Å². The van der Waals surface area contributed by atoms with Crippen LogP contribution in [-0.2, 0) is 4.79 Å². The summed E-state index contributed by atoms with van der Waals surface area (Å²) in [6.07, 6.45) is 6.25. The maximum atomic E-state index is 12.1. The van der Waals surface area contributed by atoms with Crippen LogP contribution in [-0.4, -0.2) is 53.6 Å². The second-order valence-electron chi connectivity index (χ2n) is 5.87. The minimum atomic E-state index is -0.680. The molecule has 21 heavy (non-hydrogen) atoms. The van der Waals surface area contributed by atoms with Crippen LogP contribution in [0.4, 0.5) is 4.79 Å². The number of carboxylic acids is 1. The number of amides is 2. The van der Waals surface area contributed by atoms with E-state index in [0.717, 1.165) is 37.9 Å². The van der Waals surface area contributed by atoms with Crippen LogP contribution in [0.5, 0.6) is 0 Å². The first-order valence-corrected chi connectivity index (χ1v) is 9.11. The van der Waals surface area contributed by atoms with Crippen LogP contribution in [0.2, 0.25) is 0 Å². The van der Waals surface area contributed by atoms with Crippen molar-refractivity contribution in [1.82, 2.24) is 10.2 Å². The molecule has 1 atom stereocenters. The fraction of sp³-hybridized carbons (Fsp3) is 0.867. The van der Waals surface area contributed by atoms with Crippen LogP contribution in [0, 0.1) is 11.8 Å². The molecule has 0 aromatic heterocycles. The number of hydrogen-bond donors (Lipinski definition) is 2. The number of thioether (sulfide) groups is 1. The van der Waals surface area contributed by atoms with Crippen LogP contribution >= 0.6 is 11.8 Å². The van der Waals surface area contributed by atoms with E-state index in [4.69, 9.17) is 5.11 Å². The Morgan fingerprint density at radius 2 is 1.95 bits per heavy atom. The Bertz CT molecular complexity index is 344. The van der Waals surface area contributed by atoms with Gasteiger partial charge in [-0.1, -0.05) is 6.92 Å². The number of aliphatic carboxylic acids is 1. The summed E-state index contributed by atoms with van der Waals surface area (Å²) in [5.41, 5.74) is 0. The molecule has 1 aliphatic rings. The summed E-state index contributed by atoms with van der Waals surface area (Å²) in [4.78, 5) is 24.8. The van der Waals surface area contributed by atoms with Gasteiger partial charge in [0.15, 0.2) is 0 Å². The van der Waals surface area contributed by atoms with Crippen LogP contribution in [0.25, 0.3) is 0 Å². The van der Waals surface area contributed by atoms with E-state index in [1.807, 2.05) is 7.05 Å². The molecule has 2 N–H and O–H groups in total. The van der Waals surface area contributed by atoms with Crippen molar-refractivity contribution in [2.24, 2.45) is 11.8 Å². The molecule has 122 valence electrons. The molecule has 1 fully saturated rings. The summed E-state index contributed by atoms with van der Waals surface area (Å²) in [6, 6.07) is 0.249. The molecule has 0 aliphatic heterocycles. The van der Waals surface area contributed by atoms with Crippen LogP contribution in [0.3, 0.4) is 0 Å². The van der Waals surface area contributed by atoms with Gasteiger partial charge in [0.25, 0.3) is 0 Å². The lowest BCUT2D eigenvalue weighted by Crippen LogP contribution is -2.46. The summed E-state index contributed by atoms with van der Waals surface area (Å²) in [5, 5.41) is 12.0. The molecule has 0 aromatic carbocycles. The number of nitrogens with one attached hydrogen (secondary N) is 1. The maximum absolute atomic E-state index is 12.1. The van der Waals surface area contributed by atoms with Crippen molar-refractivity contribution in [2.75, 3.05) is 25.6 Å². The third-order valence-corrected chi connectivity index (χ3v) is 5.15. The van der Waals surface area contributed by atoms with Gasteiger partial charge in [-0.25, -0.2) is 4.79 Å². The van der Waals surface area contributed by atoms with Gasteiger partial charge in [0, 0.05) is 25.4 Å².